The zero-order chi connectivity index (χ0) is 25.3. The van der Waals surface area contributed by atoms with Crippen molar-refractivity contribution in [2.45, 2.75) is 69.4 Å². The van der Waals surface area contributed by atoms with Crippen molar-refractivity contribution in [2.75, 3.05) is 19.6 Å². The van der Waals surface area contributed by atoms with Crippen LogP contribution in [0.25, 0.3) is 6.08 Å². The third kappa shape index (κ3) is 4.94. The van der Waals surface area contributed by atoms with Gasteiger partial charge < -0.3 is 19.6 Å². The summed E-state index contributed by atoms with van der Waals surface area (Å²) in [7, 11) is 0. The summed E-state index contributed by atoms with van der Waals surface area (Å²) in [6.45, 7) is 5.96. The van der Waals surface area contributed by atoms with Crippen molar-refractivity contribution in [3.63, 3.8) is 0 Å². The lowest BCUT2D eigenvalue weighted by Gasteiger charge is -2.59. The minimum Gasteiger partial charge on any atom is -0.508 e. The Hall–Kier alpha value is -3.06. The molecular formula is C29H36N2O5. The number of ether oxygens (including phenoxy) is 1. The zero-order valence-corrected chi connectivity index (χ0v) is 21.2. The van der Waals surface area contributed by atoms with Crippen molar-refractivity contribution in [3.05, 3.63) is 59.6 Å². The summed E-state index contributed by atoms with van der Waals surface area (Å²) >= 11 is 0. The zero-order valence-electron chi connectivity index (χ0n) is 21.2. The van der Waals surface area contributed by atoms with Gasteiger partial charge in [0.25, 0.3) is 0 Å². The molecule has 0 radical (unpaired) electrons. The molecule has 2 N–H and O–H groups in total. The van der Waals surface area contributed by atoms with Crippen LogP contribution in [0.15, 0.2) is 47.1 Å². The second kappa shape index (κ2) is 9.77. The van der Waals surface area contributed by atoms with Crippen LogP contribution in [0.5, 0.6) is 5.75 Å². The Balaban J connectivity index is 1.43. The average molecular weight is 493 g/mol. The highest BCUT2D eigenvalue weighted by Crippen LogP contribution is 2.54. The van der Waals surface area contributed by atoms with Gasteiger partial charge in [-0.1, -0.05) is 12.1 Å². The quantitative estimate of drug-likeness (QED) is 0.442. The number of nitrogens with one attached hydrogen (secondary N) is 1. The van der Waals surface area contributed by atoms with Crippen LogP contribution in [0.3, 0.4) is 0 Å². The number of fused-ring (bicyclic) bond motifs is 1. The molecule has 5 rings (SSSR count). The number of carbonyl (C=O) groups excluding carboxylic acids is 2. The Morgan fingerprint density at radius 2 is 2.08 bits per heavy atom. The largest absolute Gasteiger partial charge is 0.508 e. The predicted molar refractivity (Wildman–Crippen MR) is 136 cm³/mol. The molecule has 1 aromatic carbocycles. The number of rotatable bonds is 7. The normalized spacial score (nSPS) is 28.6. The summed E-state index contributed by atoms with van der Waals surface area (Å²) in [5, 5.41) is 13.6. The summed E-state index contributed by atoms with van der Waals surface area (Å²) in [5.74, 6) is 1.27. The van der Waals surface area contributed by atoms with Crippen LogP contribution in [0.2, 0.25) is 0 Å². The highest BCUT2D eigenvalue weighted by Gasteiger charge is 2.61. The van der Waals surface area contributed by atoms with E-state index in [1.807, 2.05) is 25.1 Å². The SMILES string of the molecule is CC(=O)O[C@]12CC[C@@H](NC(=O)/C=C/c3ccoc3C)C[C@]1(c1cccc(O)c1)CCN(CC1CC1)C2. The van der Waals surface area contributed by atoms with Gasteiger partial charge in [0.2, 0.25) is 5.91 Å². The number of esters is 1. The minimum absolute atomic E-state index is 0.0754. The summed E-state index contributed by atoms with van der Waals surface area (Å²) in [6, 6.07) is 9.11. The molecule has 0 spiro atoms. The van der Waals surface area contributed by atoms with E-state index < -0.39 is 11.0 Å². The van der Waals surface area contributed by atoms with Crippen LogP contribution in [0.1, 0.15) is 62.3 Å². The minimum atomic E-state index is -0.704. The molecule has 2 saturated carbocycles. The lowest BCUT2D eigenvalue weighted by atomic mass is 9.55. The van der Waals surface area contributed by atoms with Crippen molar-refractivity contribution < 1.29 is 23.8 Å². The van der Waals surface area contributed by atoms with Gasteiger partial charge in [-0.25, -0.2) is 0 Å². The number of hydrogen-bond donors (Lipinski definition) is 2. The van der Waals surface area contributed by atoms with Crippen molar-refractivity contribution in [2.24, 2.45) is 5.92 Å². The third-order valence-corrected chi connectivity index (χ3v) is 8.31. The molecule has 0 bridgehead atoms. The first kappa shape index (κ1) is 24.6. The average Bonchev–Trinajstić information content (AvgIpc) is 3.55. The molecule has 1 amide bonds. The molecule has 2 heterocycles. The standard InChI is InChI=1S/C29H36N2O5/c1-20-23(11-15-35-20)8-9-27(34)30-25-10-12-29(36-21(2)32)19-31(18-22-6-7-22)14-13-28(29,17-25)24-4-3-5-26(33)16-24/h3-5,8-9,11,15-16,22,25,33H,6-7,10,12-14,17-19H2,1-2H3,(H,30,34)/b9-8+/t25-,28+,29+/m1/s1. The molecule has 2 aromatic rings. The first-order valence-electron chi connectivity index (χ1n) is 13.0. The highest BCUT2D eigenvalue weighted by molar-refractivity contribution is 5.92. The van der Waals surface area contributed by atoms with E-state index >= 15 is 0 Å². The number of furan rings is 1. The van der Waals surface area contributed by atoms with E-state index in [0.717, 1.165) is 48.7 Å². The van der Waals surface area contributed by atoms with E-state index in [-0.39, 0.29) is 23.7 Å². The van der Waals surface area contributed by atoms with Gasteiger partial charge in [0.1, 0.15) is 17.1 Å². The number of hydrogen-bond acceptors (Lipinski definition) is 6. The number of carbonyl (C=O) groups is 2. The van der Waals surface area contributed by atoms with Crippen molar-refractivity contribution in [3.8, 4) is 5.75 Å². The molecule has 1 aromatic heterocycles. The summed E-state index contributed by atoms with van der Waals surface area (Å²) in [5.41, 5.74) is 0.642. The number of nitrogens with zero attached hydrogens (tertiary/aromatic N) is 1. The van der Waals surface area contributed by atoms with Crippen LogP contribution in [-0.2, 0) is 19.7 Å². The molecule has 192 valence electrons. The highest BCUT2D eigenvalue weighted by atomic mass is 16.6. The Morgan fingerprint density at radius 1 is 1.25 bits per heavy atom. The van der Waals surface area contributed by atoms with Crippen LogP contribution >= 0.6 is 0 Å². The number of aryl methyl sites for hydroxylation is 1. The second-order valence-electron chi connectivity index (χ2n) is 10.9. The number of piperidine rings is 1. The fraction of sp³-hybridized carbons (Fsp3) is 0.517. The topological polar surface area (TPSA) is 92.0 Å². The molecule has 3 fully saturated rings. The van der Waals surface area contributed by atoms with Gasteiger partial charge in [-0.3, -0.25) is 14.5 Å². The Kier molecular flexibility index (Phi) is 6.68. The van der Waals surface area contributed by atoms with E-state index in [1.165, 1.54) is 19.8 Å². The van der Waals surface area contributed by atoms with Gasteiger partial charge in [-0.15, -0.1) is 0 Å². The Morgan fingerprint density at radius 3 is 2.78 bits per heavy atom. The molecule has 36 heavy (non-hydrogen) atoms. The monoisotopic (exact) mass is 492 g/mol. The molecular weight excluding hydrogens is 456 g/mol. The molecule has 1 aliphatic heterocycles. The van der Waals surface area contributed by atoms with E-state index in [2.05, 4.69) is 10.2 Å². The predicted octanol–water partition coefficient (Wildman–Crippen LogP) is 4.33. The second-order valence-corrected chi connectivity index (χ2v) is 10.9. The van der Waals surface area contributed by atoms with Gasteiger partial charge in [0, 0.05) is 43.1 Å². The van der Waals surface area contributed by atoms with Crippen LogP contribution in [0, 0.1) is 12.8 Å². The van der Waals surface area contributed by atoms with Gasteiger partial charge >= 0.3 is 5.97 Å². The van der Waals surface area contributed by atoms with E-state index in [1.54, 1.807) is 30.5 Å². The first-order chi connectivity index (χ1) is 17.3. The van der Waals surface area contributed by atoms with Gasteiger partial charge in [0.05, 0.1) is 6.26 Å². The Labute approximate surface area is 212 Å². The molecule has 7 heteroatoms. The number of benzene rings is 1. The van der Waals surface area contributed by atoms with Crippen molar-refractivity contribution >= 4 is 18.0 Å². The lowest BCUT2D eigenvalue weighted by molar-refractivity contribution is -0.187. The summed E-state index contributed by atoms with van der Waals surface area (Å²) < 4.78 is 11.6. The molecule has 1 saturated heterocycles. The Bertz CT molecular complexity index is 1150. The van der Waals surface area contributed by atoms with E-state index in [0.29, 0.717) is 19.4 Å². The van der Waals surface area contributed by atoms with Gasteiger partial charge in [0.15, 0.2) is 0 Å². The number of phenols is 1. The van der Waals surface area contributed by atoms with Crippen LogP contribution < -0.4 is 5.32 Å². The molecule has 0 unspecified atom stereocenters. The van der Waals surface area contributed by atoms with Crippen molar-refractivity contribution in [1.29, 1.82) is 0 Å². The first-order valence-corrected chi connectivity index (χ1v) is 13.0. The molecule has 3 atom stereocenters. The van der Waals surface area contributed by atoms with Crippen molar-refractivity contribution in [1.82, 2.24) is 10.2 Å². The molecule has 7 nitrogen and oxygen atoms in total. The lowest BCUT2D eigenvalue weighted by Crippen LogP contribution is -2.68. The number of aromatic hydroxyl groups is 1. The van der Waals surface area contributed by atoms with Crippen LogP contribution in [0.4, 0.5) is 0 Å². The fourth-order valence-corrected chi connectivity index (χ4v) is 6.42. The maximum Gasteiger partial charge on any atom is 0.303 e. The van der Waals surface area contributed by atoms with E-state index in [9.17, 15) is 14.7 Å². The number of likely N-dealkylation sites (tertiary alicyclic amines) is 1. The maximum absolute atomic E-state index is 12.8. The summed E-state index contributed by atoms with van der Waals surface area (Å²) in [6.07, 6.45) is 10.3. The molecule has 3 aliphatic rings. The third-order valence-electron chi connectivity index (χ3n) is 8.31. The van der Waals surface area contributed by atoms with Crippen LogP contribution in [-0.4, -0.2) is 53.2 Å². The number of amides is 1. The smallest absolute Gasteiger partial charge is 0.303 e. The fourth-order valence-electron chi connectivity index (χ4n) is 6.42. The number of phenolic OH excluding ortho intramolecular Hbond substituents is 1. The van der Waals surface area contributed by atoms with Gasteiger partial charge in [-0.2, -0.15) is 0 Å². The maximum atomic E-state index is 12.8. The summed E-state index contributed by atoms with van der Waals surface area (Å²) in [4.78, 5) is 27.8. The van der Waals surface area contributed by atoms with Gasteiger partial charge in [-0.05, 0) is 87.7 Å². The molecule has 2 aliphatic carbocycles. The van der Waals surface area contributed by atoms with E-state index in [4.69, 9.17) is 9.15 Å².